The average Bonchev–Trinajstić information content (AvgIpc) is 3.46. The van der Waals surface area contributed by atoms with Crippen LogP contribution in [-0.4, -0.2) is 81.8 Å². The van der Waals surface area contributed by atoms with E-state index >= 15 is 0 Å². The van der Waals surface area contributed by atoms with Gasteiger partial charge in [-0.15, -0.1) is 13.2 Å². The first-order chi connectivity index (χ1) is 17.6. The predicted molar refractivity (Wildman–Crippen MR) is 141 cm³/mol. The SMILES string of the molecule is C=CCCOC(=O)[C@@H]1[C@H]2C(=O)N([C@@H](CO)C(C)C)C(C(=O)N(CC=C)C(C)CCC)C23CC[C@@]1(CC)O3. The van der Waals surface area contributed by atoms with Gasteiger partial charge in [-0.05, 0) is 44.9 Å². The molecule has 2 amide bonds. The normalized spacial score (nSPS) is 31.8. The molecule has 3 saturated heterocycles. The van der Waals surface area contributed by atoms with Crippen LogP contribution in [0.5, 0.6) is 0 Å². The van der Waals surface area contributed by atoms with Gasteiger partial charge in [0.25, 0.3) is 0 Å². The number of esters is 1. The molecule has 37 heavy (non-hydrogen) atoms. The Morgan fingerprint density at radius 1 is 1.24 bits per heavy atom. The van der Waals surface area contributed by atoms with Crippen LogP contribution in [0.3, 0.4) is 0 Å². The molecule has 3 rings (SSSR count). The van der Waals surface area contributed by atoms with Crippen LogP contribution in [0, 0.1) is 17.8 Å². The summed E-state index contributed by atoms with van der Waals surface area (Å²) in [7, 11) is 0. The van der Waals surface area contributed by atoms with E-state index in [4.69, 9.17) is 9.47 Å². The standard InChI is InChI=1S/C29H46N2O6/c1-8-12-17-36-27(35)23-22-25(33)31(21(18-32)19(5)6)24(29(22)15-14-28(23,11-4)37-29)26(34)30(16-10-3)20(7)13-9-2/h8,10,19-24,32H,1,3,9,11-18H2,2,4-7H3/t20?,21-,22-,23-,24?,28+,29?/m0/s1. The van der Waals surface area contributed by atoms with Crippen LogP contribution in [0.1, 0.15) is 73.1 Å². The number of rotatable bonds is 14. The van der Waals surface area contributed by atoms with Crippen LogP contribution in [0.4, 0.5) is 0 Å². The van der Waals surface area contributed by atoms with Gasteiger partial charge >= 0.3 is 5.97 Å². The topological polar surface area (TPSA) is 96.4 Å². The Labute approximate surface area is 222 Å². The quantitative estimate of drug-likeness (QED) is 0.215. The monoisotopic (exact) mass is 518 g/mol. The number of nitrogens with zero attached hydrogens (tertiary/aromatic N) is 2. The fourth-order valence-electron chi connectivity index (χ4n) is 6.96. The second-order valence-electron chi connectivity index (χ2n) is 11.2. The highest BCUT2D eigenvalue weighted by molar-refractivity contribution is 5.99. The van der Waals surface area contributed by atoms with Crippen LogP contribution in [-0.2, 0) is 23.9 Å². The molecule has 0 aromatic carbocycles. The van der Waals surface area contributed by atoms with Crippen molar-refractivity contribution in [3.8, 4) is 0 Å². The molecule has 3 unspecified atom stereocenters. The minimum atomic E-state index is -1.14. The van der Waals surface area contributed by atoms with Gasteiger partial charge in [-0.25, -0.2) is 0 Å². The maximum Gasteiger partial charge on any atom is 0.312 e. The zero-order valence-corrected chi connectivity index (χ0v) is 23.3. The molecule has 3 aliphatic heterocycles. The summed E-state index contributed by atoms with van der Waals surface area (Å²) in [6, 6.07) is -1.57. The Kier molecular flexibility index (Phi) is 9.27. The fourth-order valence-corrected chi connectivity index (χ4v) is 6.96. The summed E-state index contributed by atoms with van der Waals surface area (Å²) in [6.07, 6.45) is 7.22. The average molecular weight is 519 g/mol. The summed E-state index contributed by atoms with van der Waals surface area (Å²) < 4.78 is 12.4. The number of aliphatic hydroxyl groups is 1. The van der Waals surface area contributed by atoms with E-state index in [0.717, 1.165) is 12.8 Å². The molecule has 1 spiro atoms. The van der Waals surface area contributed by atoms with Crippen LogP contribution in [0.25, 0.3) is 0 Å². The molecular formula is C29H46N2O6. The van der Waals surface area contributed by atoms with Crippen molar-refractivity contribution in [2.24, 2.45) is 17.8 Å². The zero-order valence-electron chi connectivity index (χ0n) is 23.3. The van der Waals surface area contributed by atoms with Crippen molar-refractivity contribution < 1.29 is 29.0 Å². The van der Waals surface area contributed by atoms with Gasteiger partial charge in [-0.2, -0.15) is 0 Å². The Hall–Kier alpha value is -2.19. The van der Waals surface area contributed by atoms with Gasteiger partial charge in [0.05, 0.1) is 30.8 Å². The van der Waals surface area contributed by atoms with E-state index in [0.29, 0.717) is 32.2 Å². The lowest BCUT2D eigenvalue weighted by atomic mass is 9.65. The Morgan fingerprint density at radius 3 is 2.49 bits per heavy atom. The van der Waals surface area contributed by atoms with E-state index in [2.05, 4.69) is 20.1 Å². The van der Waals surface area contributed by atoms with Crippen LogP contribution < -0.4 is 0 Å². The van der Waals surface area contributed by atoms with Gasteiger partial charge in [0, 0.05) is 12.6 Å². The highest BCUT2D eigenvalue weighted by atomic mass is 16.6. The number of hydrogen-bond acceptors (Lipinski definition) is 6. The number of ether oxygens (including phenoxy) is 2. The Bertz CT molecular complexity index is 890. The summed E-state index contributed by atoms with van der Waals surface area (Å²) in [5.41, 5.74) is -1.99. The van der Waals surface area contributed by atoms with E-state index < -0.39 is 41.1 Å². The molecule has 0 radical (unpaired) electrons. The molecule has 0 saturated carbocycles. The minimum absolute atomic E-state index is 0.0621. The fraction of sp³-hybridized carbons (Fsp3) is 0.759. The van der Waals surface area contributed by atoms with Gasteiger partial charge in [-0.3, -0.25) is 14.4 Å². The summed E-state index contributed by atoms with van der Waals surface area (Å²) in [5, 5.41) is 10.4. The molecule has 208 valence electrons. The molecule has 8 nitrogen and oxygen atoms in total. The third-order valence-electron chi connectivity index (χ3n) is 8.83. The third-order valence-corrected chi connectivity index (χ3v) is 8.83. The molecule has 0 aromatic heterocycles. The van der Waals surface area contributed by atoms with Gasteiger partial charge in [0.1, 0.15) is 17.6 Å². The lowest BCUT2D eigenvalue weighted by Gasteiger charge is -2.42. The minimum Gasteiger partial charge on any atom is -0.465 e. The number of likely N-dealkylation sites (tertiary alicyclic amines) is 1. The van der Waals surface area contributed by atoms with Crippen molar-refractivity contribution in [2.45, 2.75) is 102 Å². The van der Waals surface area contributed by atoms with E-state index in [-0.39, 0.29) is 37.0 Å². The first-order valence-corrected chi connectivity index (χ1v) is 13.9. The van der Waals surface area contributed by atoms with Crippen molar-refractivity contribution in [1.29, 1.82) is 0 Å². The van der Waals surface area contributed by atoms with Crippen LogP contribution >= 0.6 is 0 Å². The number of hydrogen-bond donors (Lipinski definition) is 1. The molecule has 0 aromatic rings. The maximum absolute atomic E-state index is 14.5. The van der Waals surface area contributed by atoms with E-state index in [1.165, 1.54) is 0 Å². The van der Waals surface area contributed by atoms with Gasteiger partial charge in [-0.1, -0.05) is 46.3 Å². The molecule has 1 N–H and O–H groups in total. The number of fused-ring (bicyclic) bond motifs is 1. The van der Waals surface area contributed by atoms with Crippen LogP contribution in [0.15, 0.2) is 25.3 Å². The Morgan fingerprint density at radius 2 is 1.95 bits per heavy atom. The predicted octanol–water partition coefficient (Wildman–Crippen LogP) is 3.48. The van der Waals surface area contributed by atoms with E-state index in [9.17, 15) is 19.5 Å². The molecule has 3 aliphatic rings. The summed E-state index contributed by atoms with van der Waals surface area (Å²) in [5.74, 6) is -2.68. The molecule has 3 fully saturated rings. The lowest BCUT2D eigenvalue weighted by Crippen LogP contribution is -2.60. The van der Waals surface area contributed by atoms with Crippen molar-refractivity contribution in [2.75, 3.05) is 19.8 Å². The smallest absolute Gasteiger partial charge is 0.312 e. The zero-order chi connectivity index (χ0) is 27.5. The summed E-state index contributed by atoms with van der Waals surface area (Å²) in [4.78, 5) is 45.6. The van der Waals surface area contributed by atoms with Gasteiger partial charge in [0.2, 0.25) is 11.8 Å². The first-order valence-electron chi connectivity index (χ1n) is 13.9. The molecular weight excluding hydrogens is 472 g/mol. The van der Waals surface area contributed by atoms with E-state index in [1.807, 2.05) is 27.7 Å². The number of carbonyl (C=O) groups excluding carboxylic acids is 3. The van der Waals surface area contributed by atoms with Crippen LogP contribution in [0.2, 0.25) is 0 Å². The van der Waals surface area contributed by atoms with Crippen molar-refractivity contribution >= 4 is 17.8 Å². The van der Waals surface area contributed by atoms with Gasteiger partial charge < -0.3 is 24.4 Å². The van der Waals surface area contributed by atoms with Gasteiger partial charge in [0.15, 0.2) is 0 Å². The number of amides is 2. The molecule has 8 heteroatoms. The number of aliphatic hydroxyl groups excluding tert-OH is 1. The van der Waals surface area contributed by atoms with E-state index in [1.54, 1.807) is 22.0 Å². The van der Waals surface area contributed by atoms with Crippen molar-refractivity contribution in [3.05, 3.63) is 25.3 Å². The molecule has 0 aliphatic carbocycles. The highest BCUT2D eigenvalue weighted by Crippen LogP contribution is 2.65. The Balaban J connectivity index is 2.14. The molecule has 3 heterocycles. The highest BCUT2D eigenvalue weighted by Gasteiger charge is 2.79. The maximum atomic E-state index is 14.5. The summed E-state index contributed by atoms with van der Waals surface area (Å²) in [6.45, 7) is 17.7. The second kappa shape index (κ2) is 11.7. The summed E-state index contributed by atoms with van der Waals surface area (Å²) >= 11 is 0. The molecule has 2 bridgehead atoms. The van der Waals surface area contributed by atoms with Crippen molar-refractivity contribution in [1.82, 2.24) is 9.80 Å². The number of carbonyl (C=O) groups is 3. The first kappa shape index (κ1) is 29.4. The second-order valence-corrected chi connectivity index (χ2v) is 11.2. The largest absolute Gasteiger partial charge is 0.465 e. The third kappa shape index (κ3) is 4.76. The molecule has 7 atom stereocenters. The lowest BCUT2D eigenvalue weighted by molar-refractivity contribution is -0.164. The van der Waals surface area contributed by atoms with Crippen molar-refractivity contribution in [3.63, 3.8) is 0 Å².